The lowest BCUT2D eigenvalue weighted by atomic mass is 10.2. The number of nitrogens with zero attached hydrogens (tertiary/aromatic N) is 2. The molecular weight excluding hydrogens is 449 g/mol. The molecule has 158 valence electrons. The Morgan fingerprint density at radius 1 is 1.03 bits per heavy atom. The highest BCUT2D eigenvalue weighted by molar-refractivity contribution is 8.18. The molecule has 1 aliphatic rings. The monoisotopic (exact) mass is 469 g/mol. The molecule has 4 nitrogen and oxygen atoms in total. The number of thioether (sulfide) groups is 1. The van der Waals surface area contributed by atoms with Crippen molar-refractivity contribution in [2.45, 2.75) is 27.7 Å². The lowest BCUT2D eigenvalue weighted by Crippen LogP contribution is -2.19. The second kappa shape index (κ2) is 8.58. The first-order valence-electron chi connectivity index (χ1n) is 9.75. The fraction of sp³-hybridized carbons (Fsp3) is 0.167. The van der Waals surface area contributed by atoms with E-state index in [1.54, 1.807) is 0 Å². The van der Waals surface area contributed by atoms with Crippen molar-refractivity contribution >= 4 is 57.8 Å². The summed E-state index contributed by atoms with van der Waals surface area (Å²) in [5.74, 6) is -0.161. The number of benzene rings is 2. The van der Waals surface area contributed by atoms with Gasteiger partial charge in [-0.15, -0.1) is 0 Å². The van der Waals surface area contributed by atoms with E-state index in [9.17, 15) is 4.79 Å². The van der Waals surface area contributed by atoms with Crippen LogP contribution in [0.4, 0.5) is 5.69 Å². The largest absolute Gasteiger partial charge is 0.318 e. The highest BCUT2D eigenvalue weighted by atomic mass is 35.5. The zero-order valence-corrected chi connectivity index (χ0v) is 19.9. The normalized spacial score (nSPS) is 16.4. The molecular formula is C24H21Cl2N3OS. The molecule has 1 fully saturated rings. The lowest BCUT2D eigenvalue weighted by molar-refractivity contribution is -0.115. The van der Waals surface area contributed by atoms with Crippen molar-refractivity contribution in [3.05, 3.63) is 85.5 Å². The van der Waals surface area contributed by atoms with Crippen molar-refractivity contribution in [2.24, 2.45) is 4.99 Å². The van der Waals surface area contributed by atoms with Gasteiger partial charge in [0.15, 0.2) is 5.17 Å². The molecule has 7 heteroatoms. The van der Waals surface area contributed by atoms with Crippen LogP contribution in [0.5, 0.6) is 0 Å². The summed E-state index contributed by atoms with van der Waals surface area (Å²) in [4.78, 5) is 17.7. The van der Waals surface area contributed by atoms with E-state index in [1.807, 2.05) is 70.2 Å². The van der Waals surface area contributed by atoms with Crippen molar-refractivity contribution in [3.63, 3.8) is 0 Å². The fourth-order valence-electron chi connectivity index (χ4n) is 3.50. The van der Waals surface area contributed by atoms with Crippen molar-refractivity contribution in [3.8, 4) is 5.69 Å². The molecule has 1 saturated heterocycles. The SMILES string of the molecule is Cc1ccc(-n2c(C)cc(/C=C3\SC(=Nc4cccc(Cl)c4C)NC3=O)c2C)cc1Cl. The Hall–Kier alpha value is -2.47. The van der Waals surface area contributed by atoms with E-state index in [0.717, 1.165) is 44.5 Å². The topological polar surface area (TPSA) is 46.4 Å². The summed E-state index contributed by atoms with van der Waals surface area (Å²) in [5, 5.41) is 4.76. The summed E-state index contributed by atoms with van der Waals surface area (Å²) < 4.78 is 2.14. The van der Waals surface area contributed by atoms with E-state index in [0.29, 0.717) is 15.1 Å². The Labute approximate surface area is 196 Å². The first-order chi connectivity index (χ1) is 14.7. The molecule has 1 aromatic heterocycles. The summed E-state index contributed by atoms with van der Waals surface area (Å²) in [6.45, 7) is 7.97. The Morgan fingerprint density at radius 3 is 2.55 bits per heavy atom. The van der Waals surface area contributed by atoms with E-state index < -0.39 is 0 Å². The van der Waals surface area contributed by atoms with Crippen molar-refractivity contribution in [1.82, 2.24) is 9.88 Å². The number of carbonyl (C=O) groups excluding carboxylic acids is 1. The number of hydrogen-bond acceptors (Lipinski definition) is 3. The van der Waals surface area contributed by atoms with Gasteiger partial charge >= 0.3 is 0 Å². The second-order valence-electron chi connectivity index (χ2n) is 7.46. The summed E-state index contributed by atoms with van der Waals surface area (Å²) in [6.07, 6.45) is 1.90. The maximum atomic E-state index is 12.6. The van der Waals surface area contributed by atoms with Crippen LogP contribution in [0.1, 0.15) is 28.1 Å². The number of amides is 1. The minimum Gasteiger partial charge on any atom is -0.318 e. The molecule has 4 rings (SSSR count). The van der Waals surface area contributed by atoms with Crippen LogP contribution < -0.4 is 5.32 Å². The van der Waals surface area contributed by atoms with E-state index in [-0.39, 0.29) is 5.91 Å². The van der Waals surface area contributed by atoms with Gasteiger partial charge in [-0.25, -0.2) is 4.99 Å². The van der Waals surface area contributed by atoms with Crippen LogP contribution in [0.15, 0.2) is 52.4 Å². The molecule has 3 aromatic rings. The number of aliphatic imine (C=N–C) groups is 1. The van der Waals surface area contributed by atoms with Crippen molar-refractivity contribution in [1.29, 1.82) is 0 Å². The minimum absolute atomic E-state index is 0.161. The summed E-state index contributed by atoms with van der Waals surface area (Å²) in [7, 11) is 0. The second-order valence-corrected chi connectivity index (χ2v) is 9.31. The number of hydrogen-bond donors (Lipinski definition) is 1. The van der Waals surface area contributed by atoms with E-state index in [2.05, 4.69) is 20.9 Å². The molecule has 2 aromatic carbocycles. The van der Waals surface area contributed by atoms with Gasteiger partial charge in [0.2, 0.25) is 0 Å². The number of aromatic nitrogens is 1. The number of carbonyl (C=O) groups is 1. The molecule has 0 aliphatic carbocycles. The summed E-state index contributed by atoms with van der Waals surface area (Å²) >= 11 is 13.8. The van der Waals surface area contributed by atoms with Gasteiger partial charge in [-0.2, -0.15) is 0 Å². The highest BCUT2D eigenvalue weighted by Gasteiger charge is 2.25. The zero-order chi connectivity index (χ0) is 22.3. The Kier molecular flexibility index (Phi) is 6.02. The number of rotatable bonds is 3. The molecule has 0 bridgehead atoms. The van der Waals surface area contributed by atoms with Crippen LogP contribution >= 0.6 is 35.0 Å². The van der Waals surface area contributed by atoms with Gasteiger partial charge in [0.1, 0.15) is 0 Å². The molecule has 1 N–H and O–H groups in total. The minimum atomic E-state index is -0.161. The molecule has 31 heavy (non-hydrogen) atoms. The molecule has 0 spiro atoms. The van der Waals surface area contributed by atoms with Crippen LogP contribution in [-0.2, 0) is 4.79 Å². The highest BCUT2D eigenvalue weighted by Crippen LogP contribution is 2.33. The predicted molar refractivity (Wildman–Crippen MR) is 132 cm³/mol. The van der Waals surface area contributed by atoms with Gasteiger partial charge < -0.3 is 9.88 Å². The van der Waals surface area contributed by atoms with Crippen LogP contribution in [0.3, 0.4) is 0 Å². The van der Waals surface area contributed by atoms with Crippen LogP contribution in [0.2, 0.25) is 10.0 Å². The number of aryl methyl sites for hydroxylation is 2. The van der Waals surface area contributed by atoms with E-state index >= 15 is 0 Å². The molecule has 1 amide bonds. The Balaban J connectivity index is 1.66. The van der Waals surface area contributed by atoms with E-state index in [1.165, 1.54) is 11.8 Å². The quantitative estimate of drug-likeness (QED) is 0.423. The molecule has 0 unspecified atom stereocenters. The van der Waals surface area contributed by atoms with Crippen molar-refractivity contribution in [2.75, 3.05) is 0 Å². The van der Waals surface area contributed by atoms with Crippen LogP contribution in [-0.4, -0.2) is 15.6 Å². The molecule has 1 aliphatic heterocycles. The first kappa shape index (κ1) is 21.8. The summed E-state index contributed by atoms with van der Waals surface area (Å²) in [6, 6.07) is 13.6. The third kappa shape index (κ3) is 4.31. The van der Waals surface area contributed by atoms with Gasteiger partial charge in [-0.1, -0.05) is 35.3 Å². The van der Waals surface area contributed by atoms with Gasteiger partial charge in [-0.05, 0) is 92.6 Å². The van der Waals surface area contributed by atoms with Crippen molar-refractivity contribution < 1.29 is 4.79 Å². The van der Waals surface area contributed by atoms with Gasteiger partial charge in [-0.3, -0.25) is 4.79 Å². The maximum Gasteiger partial charge on any atom is 0.264 e. The number of nitrogens with one attached hydrogen (secondary N) is 1. The van der Waals surface area contributed by atoms with Gasteiger partial charge in [0.05, 0.1) is 10.6 Å². The average molecular weight is 470 g/mol. The fourth-order valence-corrected chi connectivity index (χ4v) is 4.67. The lowest BCUT2D eigenvalue weighted by Gasteiger charge is -2.11. The number of amidine groups is 1. The predicted octanol–water partition coefficient (Wildman–Crippen LogP) is 6.91. The molecule has 2 heterocycles. The molecule has 0 saturated carbocycles. The molecule has 0 radical (unpaired) electrons. The maximum absolute atomic E-state index is 12.6. The zero-order valence-electron chi connectivity index (χ0n) is 17.6. The standard InChI is InChI=1S/C24H21Cl2N3OS/c1-13-8-9-18(12-20(13)26)29-14(2)10-17(16(29)4)11-22-23(30)28-24(31-22)27-21-7-5-6-19(25)15(21)3/h5-12H,1-4H3,(H,27,28,30)/b22-11-. The smallest absolute Gasteiger partial charge is 0.264 e. The Morgan fingerprint density at radius 2 is 1.81 bits per heavy atom. The third-order valence-corrected chi connectivity index (χ3v) is 7.01. The average Bonchev–Trinajstić information content (AvgIpc) is 3.20. The third-order valence-electron chi connectivity index (χ3n) is 5.28. The van der Waals surface area contributed by atoms with Crippen LogP contribution in [0, 0.1) is 27.7 Å². The van der Waals surface area contributed by atoms with Crippen LogP contribution in [0.25, 0.3) is 11.8 Å². The summed E-state index contributed by atoms with van der Waals surface area (Å²) in [5.41, 5.74) is 6.74. The van der Waals surface area contributed by atoms with E-state index in [4.69, 9.17) is 23.2 Å². The van der Waals surface area contributed by atoms with Gasteiger partial charge in [0.25, 0.3) is 5.91 Å². The first-order valence-corrected chi connectivity index (χ1v) is 11.3. The molecule has 0 atom stereocenters. The van der Waals surface area contributed by atoms with Gasteiger partial charge in [0, 0.05) is 27.1 Å². The Bertz CT molecular complexity index is 1270. The number of halogens is 2.